The lowest BCUT2D eigenvalue weighted by atomic mass is 10.1. The molecule has 14 heavy (non-hydrogen) atoms. The van der Waals surface area contributed by atoms with Crippen molar-refractivity contribution in [1.29, 1.82) is 0 Å². The van der Waals surface area contributed by atoms with Crippen LogP contribution in [0.3, 0.4) is 0 Å². The number of rotatable bonds is 0. The molecule has 1 fully saturated rings. The first-order chi connectivity index (χ1) is 6.86. The molecule has 3 rings (SSSR count). The molecule has 1 aromatic carbocycles. The van der Waals surface area contributed by atoms with Crippen LogP contribution < -0.4 is 0 Å². The minimum atomic E-state index is 0.171. The molecule has 3 heteroatoms. The van der Waals surface area contributed by atoms with E-state index in [4.69, 9.17) is 0 Å². The lowest BCUT2D eigenvalue weighted by Crippen LogP contribution is -2.44. The van der Waals surface area contributed by atoms with Crippen molar-refractivity contribution in [2.75, 3.05) is 13.1 Å². The van der Waals surface area contributed by atoms with Crippen molar-refractivity contribution in [3.05, 3.63) is 35.4 Å². The average Bonchev–Trinajstić information content (AvgIpc) is 2.66. The van der Waals surface area contributed by atoms with Gasteiger partial charge in [-0.15, -0.1) is 0 Å². The van der Waals surface area contributed by atoms with E-state index in [9.17, 15) is 4.79 Å². The van der Waals surface area contributed by atoms with Crippen molar-refractivity contribution in [2.45, 2.75) is 13.0 Å². The maximum absolute atomic E-state index is 12.0. The topological polar surface area (TPSA) is 23.6 Å². The number of fused-ring (bicyclic) bond motifs is 2. The van der Waals surface area contributed by atoms with Gasteiger partial charge < -0.3 is 0 Å². The highest BCUT2D eigenvalue weighted by Crippen LogP contribution is 2.25. The van der Waals surface area contributed by atoms with Crippen molar-refractivity contribution < 1.29 is 4.79 Å². The second-order valence-corrected chi connectivity index (χ2v) is 3.83. The molecular weight excluding hydrogens is 176 g/mol. The van der Waals surface area contributed by atoms with Gasteiger partial charge in [0.15, 0.2) is 0 Å². The highest BCUT2D eigenvalue weighted by molar-refractivity contribution is 5.96. The minimum absolute atomic E-state index is 0.171. The smallest absolute Gasteiger partial charge is 0.268 e. The van der Waals surface area contributed by atoms with E-state index in [2.05, 4.69) is 5.01 Å². The first-order valence-corrected chi connectivity index (χ1v) is 5.01. The van der Waals surface area contributed by atoms with E-state index in [1.807, 2.05) is 29.3 Å². The molecule has 0 N–H and O–H groups in total. The van der Waals surface area contributed by atoms with Gasteiger partial charge in [0.2, 0.25) is 0 Å². The number of hydrogen-bond donors (Lipinski definition) is 0. The Hall–Kier alpha value is -1.35. The Morgan fingerprint density at radius 2 is 2.00 bits per heavy atom. The van der Waals surface area contributed by atoms with Gasteiger partial charge in [0.25, 0.3) is 5.91 Å². The van der Waals surface area contributed by atoms with Crippen LogP contribution >= 0.6 is 0 Å². The third-order valence-corrected chi connectivity index (χ3v) is 2.96. The van der Waals surface area contributed by atoms with Crippen molar-refractivity contribution in [3.63, 3.8) is 0 Å². The normalized spacial score (nSPS) is 20.9. The summed E-state index contributed by atoms with van der Waals surface area (Å²) in [5.74, 6) is 0.171. The third kappa shape index (κ3) is 0.990. The molecule has 0 bridgehead atoms. The van der Waals surface area contributed by atoms with E-state index >= 15 is 0 Å². The summed E-state index contributed by atoms with van der Waals surface area (Å²) in [7, 11) is 0. The van der Waals surface area contributed by atoms with Crippen LogP contribution in [0.4, 0.5) is 0 Å². The van der Waals surface area contributed by atoms with Crippen molar-refractivity contribution >= 4 is 5.91 Å². The van der Waals surface area contributed by atoms with E-state index < -0.39 is 0 Å². The lowest BCUT2D eigenvalue weighted by Gasteiger charge is -2.33. The number of benzene rings is 1. The Bertz CT molecular complexity index is 389. The molecule has 1 amide bonds. The van der Waals surface area contributed by atoms with E-state index in [1.54, 1.807) is 0 Å². The van der Waals surface area contributed by atoms with E-state index in [0.717, 1.165) is 37.2 Å². The van der Waals surface area contributed by atoms with Crippen LogP contribution in [-0.4, -0.2) is 29.0 Å². The van der Waals surface area contributed by atoms with Gasteiger partial charge in [0, 0.05) is 25.2 Å². The first kappa shape index (κ1) is 8.00. The zero-order valence-corrected chi connectivity index (χ0v) is 7.94. The Labute approximate surface area is 82.9 Å². The van der Waals surface area contributed by atoms with Crippen LogP contribution in [-0.2, 0) is 6.54 Å². The minimum Gasteiger partial charge on any atom is -0.271 e. The van der Waals surface area contributed by atoms with Gasteiger partial charge in [-0.1, -0.05) is 18.2 Å². The maximum atomic E-state index is 12.0. The van der Waals surface area contributed by atoms with Gasteiger partial charge in [-0.3, -0.25) is 9.80 Å². The Kier molecular flexibility index (Phi) is 1.61. The molecule has 0 atom stereocenters. The molecule has 0 saturated carbocycles. The maximum Gasteiger partial charge on any atom is 0.268 e. The van der Waals surface area contributed by atoms with Crippen LogP contribution in [0.25, 0.3) is 0 Å². The van der Waals surface area contributed by atoms with Crippen molar-refractivity contribution in [1.82, 2.24) is 10.0 Å². The quantitative estimate of drug-likeness (QED) is 0.612. The van der Waals surface area contributed by atoms with Crippen LogP contribution in [0, 0.1) is 0 Å². The van der Waals surface area contributed by atoms with Crippen LogP contribution in [0.5, 0.6) is 0 Å². The molecule has 3 nitrogen and oxygen atoms in total. The van der Waals surface area contributed by atoms with Crippen LogP contribution in [0.15, 0.2) is 24.3 Å². The number of hydrogen-bond acceptors (Lipinski definition) is 2. The Balaban J connectivity index is 2.08. The summed E-state index contributed by atoms with van der Waals surface area (Å²) in [6.07, 6.45) is 1.10. The second kappa shape index (κ2) is 2.82. The number of amides is 1. The van der Waals surface area contributed by atoms with Crippen LogP contribution in [0.2, 0.25) is 0 Å². The van der Waals surface area contributed by atoms with E-state index in [0.29, 0.717) is 0 Å². The van der Waals surface area contributed by atoms with Crippen molar-refractivity contribution in [3.8, 4) is 0 Å². The summed E-state index contributed by atoms with van der Waals surface area (Å²) < 4.78 is 0. The summed E-state index contributed by atoms with van der Waals surface area (Å²) in [5.41, 5.74) is 2.04. The third-order valence-electron chi connectivity index (χ3n) is 2.96. The fraction of sp³-hybridized carbons (Fsp3) is 0.364. The molecule has 0 spiro atoms. The fourth-order valence-electron chi connectivity index (χ4n) is 2.26. The standard InChI is InChI=1S/C11H12N2O/c14-11-10-5-2-1-4-9(10)8-12-6-3-7-13(11)12/h1-2,4-5H,3,6-8H2. The predicted octanol–water partition coefficient (Wildman–Crippen LogP) is 1.26. The number of carbonyl (C=O) groups is 1. The number of hydrazine groups is 1. The fourth-order valence-corrected chi connectivity index (χ4v) is 2.26. The molecule has 0 aromatic heterocycles. The molecule has 2 heterocycles. The number of nitrogens with zero attached hydrogens (tertiary/aromatic N) is 2. The molecule has 0 unspecified atom stereocenters. The Morgan fingerprint density at radius 3 is 2.93 bits per heavy atom. The Morgan fingerprint density at radius 1 is 1.14 bits per heavy atom. The molecule has 1 aromatic rings. The summed E-state index contributed by atoms with van der Waals surface area (Å²) in [6.45, 7) is 2.79. The lowest BCUT2D eigenvalue weighted by molar-refractivity contribution is 0.0103. The second-order valence-electron chi connectivity index (χ2n) is 3.83. The average molecular weight is 188 g/mol. The molecular formula is C11H12N2O. The first-order valence-electron chi connectivity index (χ1n) is 5.01. The summed E-state index contributed by atoms with van der Waals surface area (Å²) in [6, 6.07) is 7.90. The van der Waals surface area contributed by atoms with Gasteiger partial charge in [-0.25, -0.2) is 5.01 Å². The molecule has 1 saturated heterocycles. The predicted molar refractivity (Wildman–Crippen MR) is 52.5 cm³/mol. The SMILES string of the molecule is O=C1c2ccccc2CN2CCCN12. The van der Waals surface area contributed by atoms with E-state index in [1.165, 1.54) is 0 Å². The van der Waals surface area contributed by atoms with Crippen LogP contribution in [0.1, 0.15) is 22.3 Å². The number of carbonyl (C=O) groups excluding carboxylic acids is 1. The van der Waals surface area contributed by atoms with E-state index in [-0.39, 0.29) is 5.91 Å². The molecule has 0 radical (unpaired) electrons. The zero-order chi connectivity index (χ0) is 9.54. The van der Waals surface area contributed by atoms with Crippen molar-refractivity contribution in [2.24, 2.45) is 0 Å². The highest BCUT2D eigenvalue weighted by atomic mass is 16.2. The van der Waals surface area contributed by atoms with Gasteiger partial charge in [0.1, 0.15) is 0 Å². The summed E-state index contributed by atoms with van der Waals surface area (Å²) >= 11 is 0. The highest BCUT2D eigenvalue weighted by Gasteiger charge is 2.33. The van der Waals surface area contributed by atoms with Gasteiger partial charge in [-0.05, 0) is 18.1 Å². The summed E-state index contributed by atoms with van der Waals surface area (Å²) in [5, 5.41) is 4.02. The molecule has 0 aliphatic carbocycles. The zero-order valence-electron chi connectivity index (χ0n) is 7.94. The summed E-state index contributed by atoms with van der Waals surface area (Å²) in [4.78, 5) is 12.0. The monoisotopic (exact) mass is 188 g/mol. The van der Waals surface area contributed by atoms with Gasteiger partial charge >= 0.3 is 0 Å². The molecule has 2 aliphatic heterocycles. The van der Waals surface area contributed by atoms with Gasteiger partial charge in [0.05, 0.1) is 0 Å². The largest absolute Gasteiger partial charge is 0.271 e. The van der Waals surface area contributed by atoms with Gasteiger partial charge in [-0.2, -0.15) is 0 Å². The molecule has 2 aliphatic rings. The molecule has 72 valence electrons.